The Morgan fingerprint density at radius 2 is 1.92 bits per heavy atom. The Morgan fingerprint density at radius 1 is 1.32 bits per heavy atom. The fourth-order valence-electron chi connectivity index (χ4n) is 4.31. The number of fused-ring (bicyclic) bond motifs is 2. The summed E-state index contributed by atoms with van der Waals surface area (Å²) in [6, 6.07) is 5.32. The zero-order valence-electron chi connectivity index (χ0n) is 21.3. The lowest BCUT2D eigenvalue weighted by Crippen LogP contribution is -3.00. The molecule has 1 aromatic carbocycles. The molecule has 1 aromatic rings. The van der Waals surface area contributed by atoms with Crippen LogP contribution in [-0.4, -0.2) is 53.4 Å². The number of hydrogen-bond acceptors (Lipinski definition) is 3. The van der Waals surface area contributed by atoms with Gasteiger partial charge in [-0.2, -0.15) is 0 Å². The number of halogens is 1. The molecule has 2 aliphatic heterocycles. The van der Waals surface area contributed by atoms with E-state index >= 15 is 0 Å². The highest BCUT2D eigenvalue weighted by Gasteiger charge is 2.53. The van der Waals surface area contributed by atoms with E-state index < -0.39 is 60.9 Å². The van der Waals surface area contributed by atoms with Gasteiger partial charge in [-0.1, -0.05) is 30.3 Å². The molecule has 5 heteroatoms. The van der Waals surface area contributed by atoms with E-state index in [1.807, 2.05) is 6.07 Å². The number of ether oxygens (including phenoxy) is 1. The Hall–Kier alpha value is -0.910. The van der Waals surface area contributed by atoms with Gasteiger partial charge in [0.2, 0.25) is 0 Å². The van der Waals surface area contributed by atoms with Crippen molar-refractivity contribution in [1.82, 2.24) is 0 Å². The number of esters is 1. The van der Waals surface area contributed by atoms with Gasteiger partial charge in [-0.3, -0.25) is 4.79 Å². The first-order chi connectivity index (χ1) is 14.3. The zero-order valence-corrected chi connectivity index (χ0v) is 15.9. The lowest BCUT2D eigenvalue weighted by atomic mass is 9.94. The highest BCUT2D eigenvalue weighted by molar-refractivity contribution is 5.78. The molecule has 0 saturated carbocycles. The molecule has 2 fully saturated rings. The molecule has 3 rings (SSSR count). The first-order valence-electron chi connectivity index (χ1n) is 12.0. The largest absolute Gasteiger partial charge is 1.00 e. The van der Waals surface area contributed by atoms with Crippen molar-refractivity contribution in [2.75, 3.05) is 13.7 Å². The summed E-state index contributed by atoms with van der Waals surface area (Å²) < 4.78 is 61.5. The van der Waals surface area contributed by atoms with E-state index in [-0.39, 0.29) is 17.0 Å². The average Bonchev–Trinajstić information content (AvgIpc) is 2.85. The normalized spacial score (nSPS) is 37.7. The average molecular weight is 419 g/mol. The van der Waals surface area contributed by atoms with Crippen molar-refractivity contribution in [2.45, 2.75) is 69.5 Å². The van der Waals surface area contributed by atoms with Crippen LogP contribution in [-0.2, 0) is 9.53 Å². The number of aliphatic hydroxyl groups excluding tert-OH is 1. The van der Waals surface area contributed by atoms with Crippen molar-refractivity contribution < 1.29 is 45.7 Å². The van der Waals surface area contributed by atoms with Gasteiger partial charge in [-0.25, -0.2) is 0 Å². The van der Waals surface area contributed by atoms with E-state index in [2.05, 4.69) is 0 Å². The molecule has 25 heavy (non-hydrogen) atoms. The maximum Gasteiger partial charge on any atom is 0.316 e. The van der Waals surface area contributed by atoms with E-state index in [0.29, 0.717) is 31.2 Å². The van der Waals surface area contributed by atoms with Crippen molar-refractivity contribution in [3.63, 3.8) is 0 Å². The number of nitrogens with zero attached hydrogens (tertiary/aromatic N) is 1. The minimum Gasteiger partial charge on any atom is -1.00 e. The van der Waals surface area contributed by atoms with Crippen molar-refractivity contribution in [3.05, 3.63) is 35.9 Å². The van der Waals surface area contributed by atoms with Gasteiger partial charge in [-0.05, 0) is 19.3 Å². The number of hydrogen-bond donors (Lipinski definition) is 1. The number of piperidine rings is 1. The smallest absolute Gasteiger partial charge is 0.316 e. The van der Waals surface area contributed by atoms with Crippen LogP contribution in [0.15, 0.2) is 30.3 Å². The van der Waals surface area contributed by atoms with Crippen LogP contribution in [0.1, 0.15) is 60.5 Å². The van der Waals surface area contributed by atoms with Crippen molar-refractivity contribution in [3.8, 4) is 0 Å². The number of benzene rings is 1. The molecule has 4 nitrogen and oxygen atoms in total. The minimum absolute atomic E-state index is 0. The van der Waals surface area contributed by atoms with Crippen LogP contribution in [0, 0.1) is 0 Å². The third-order valence-corrected chi connectivity index (χ3v) is 5.85. The molecular formula is C20H30BrNO3. The van der Waals surface area contributed by atoms with Gasteiger partial charge >= 0.3 is 5.97 Å². The predicted molar refractivity (Wildman–Crippen MR) is 93.5 cm³/mol. The summed E-state index contributed by atoms with van der Waals surface area (Å²) in [5, 5.41) is 9.71. The molecular weight excluding hydrogens is 382 g/mol. The summed E-state index contributed by atoms with van der Waals surface area (Å²) in [5.41, 5.74) is 0.643. The second-order valence-corrected chi connectivity index (χ2v) is 7.06. The summed E-state index contributed by atoms with van der Waals surface area (Å²) in [5.74, 6) is -1.38. The van der Waals surface area contributed by atoms with Crippen LogP contribution in [0.4, 0.5) is 0 Å². The number of rotatable bonds is 5. The molecule has 1 N–H and O–H groups in total. The number of aliphatic hydroxyl groups is 1. The number of carbonyl (C=O) groups excluding carboxylic acids is 1. The molecule has 2 saturated heterocycles. The second-order valence-electron chi connectivity index (χ2n) is 7.06. The van der Waals surface area contributed by atoms with Gasteiger partial charge in [0.1, 0.15) is 12.0 Å². The molecule has 2 heterocycles. The minimum atomic E-state index is -3.01. The fourth-order valence-corrected chi connectivity index (χ4v) is 4.31. The standard InChI is InChI=1S/C20H30NO3.BrH/c1-14(2)21(3)16-9-10-17(21)12-18(11-16)24-20(23)19(13-22)15-7-5-4-6-8-15;/h4-8,14,16-19,22H,9-13H2,1-3H3;1H/q+1;/p-1/i1D3,2D3,14D;. The fraction of sp³-hybridized carbons (Fsp3) is 0.650. The van der Waals surface area contributed by atoms with E-state index in [9.17, 15) is 9.90 Å². The Bertz CT molecular complexity index is 775. The monoisotopic (exact) mass is 418 g/mol. The van der Waals surface area contributed by atoms with Crippen LogP contribution >= 0.6 is 0 Å². The molecule has 3 unspecified atom stereocenters. The summed E-state index contributed by atoms with van der Waals surface area (Å²) in [6.07, 6.45) is 1.22. The topological polar surface area (TPSA) is 46.5 Å². The quantitative estimate of drug-likeness (QED) is 0.534. The van der Waals surface area contributed by atoms with Crippen molar-refractivity contribution in [2.24, 2.45) is 0 Å². The third-order valence-electron chi connectivity index (χ3n) is 5.85. The highest BCUT2D eigenvalue weighted by atomic mass is 79.9. The summed E-state index contributed by atoms with van der Waals surface area (Å²) >= 11 is 0. The maximum atomic E-state index is 12.7. The van der Waals surface area contributed by atoms with E-state index in [4.69, 9.17) is 14.3 Å². The summed E-state index contributed by atoms with van der Waals surface area (Å²) in [7, 11) is 1.56. The Labute approximate surface area is 171 Å². The van der Waals surface area contributed by atoms with Crippen molar-refractivity contribution >= 4 is 5.97 Å². The number of carbonyl (C=O) groups is 1. The van der Waals surface area contributed by atoms with Crippen LogP contribution in [0.5, 0.6) is 0 Å². The van der Waals surface area contributed by atoms with E-state index in [0.717, 1.165) is 0 Å². The molecule has 0 amide bonds. The third kappa shape index (κ3) is 3.79. The van der Waals surface area contributed by atoms with Gasteiger partial charge in [0.25, 0.3) is 0 Å². The van der Waals surface area contributed by atoms with Crippen LogP contribution in [0.3, 0.4) is 0 Å². The molecule has 3 atom stereocenters. The van der Waals surface area contributed by atoms with Gasteiger partial charge in [-0.15, -0.1) is 0 Å². The van der Waals surface area contributed by atoms with Crippen molar-refractivity contribution in [1.29, 1.82) is 0 Å². The predicted octanol–water partition coefficient (Wildman–Crippen LogP) is -0.142. The SMILES string of the molecule is [2H]C([2H])([2H])C([2H])(C([2H])([2H])[2H])[N+]1(C)C2CCC1CC(OC(=O)C(CO)c1ccccc1)C2.[Br-]. The maximum absolute atomic E-state index is 12.7. The van der Waals surface area contributed by atoms with Crippen LogP contribution in [0.25, 0.3) is 0 Å². The molecule has 0 spiro atoms. The van der Waals surface area contributed by atoms with Gasteiger partial charge in [0.15, 0.2) is 0 Å². The second kappa shape index (κ2) is 8.19. The summed E-state index contributed by atoms with van der Waals surface area (Å²) in [4.78, 5) is 12.7. The zero-order chi connectivity index (χ0) is 23.2. The molecule has 0 radical (unpaired) electrons. The Balaban J connectivity index is 0.00000363. The van der Waals surface area contributed by atoms with Crippen LogP contribution in [0.2, 0.25) is 0 Å². The van der Waals surface area contributed by atoms with Gasteiger partial charge < -0.3 is 31.3 Å². The molecule has 0 aliphatic carbocycles. The molecule has 140 valence electrons. The highest BCUT2D eigenvalue weighted by Crippen LogP contribution is 2.44. The molecule has 2 aliphatic rings. The lowest BCUT2D eigenvalue weighted by Gasteiger charge is -2.49. The molecule has 0 aromatic heterocycles. The number of quaternary nitrogens is 1. The molecule has 2 bridgehead atoms. The van der Waals surface area contributed by atoms with E-state index in [1.165, 1.54) is 0 Å². The first-order valence-corrected chi connectivity index (χ1v) is 8.49. The Morgan fingerprint density at radius 3 is 2.44 bits per heavy atom. The lowest BCUT2D eigenvalue weighted by molar-refractivity contribution is -0.968. The summed E-state index contributed by atoms with van der Waals surface area (Å²) in [6.45, 7) is -6.41. The van der Waals surface area contributed by atoms with Gasteiger partial charge in [0.05, 0.1) is 33.1 Å². The Kier molecular flexibility index (Phi) is 4.09. The first kappa shape index (κ1) is 12.5. The van der Waals surface area contributed by atoms with E-state index in [1.54, 1.807) is 31.3 Å². The van der Waals surface area contributed by atoms with Crippen LogP contribution < -0.4 is 17.0 Å². The van der Waals surface area contributed by atoms with Gasteiger partial charge in [0, 0.05) is 33.9 Å².